The van der Waals surface area contributed by atoms with E-state index in [0.29, 0.717) is 6.54 Å². The zero-order valence-electron chi connectivity index (χ0n) is 7.67. The normalized spacial score (nSPS) is 19.7. The van der Waals surface area contributed by atoms with Crippen molar-refractivity contribution in [2.45, 2.75) is 32.2 Å². The Hall–Kier alpha value is -0.770. The molecule has 1 rings (SSSR count). The second-order valence-electron chi connectivity index (χ2n) is 3.94. The summed E-state index contributed by atoms with van der Waals surface area (Å²) < 4.78 is 0. The van der Waals surface area contributed by atoms with Crippen LogP contribution in [0.5, 0.6) is 0 Å². The molecule has 1 aliphatic rings. The smallest absolute Gasteiger partial charge is 0.153 e. The highest BCUT2D eigenvalue weighted by Crippen LogP contribution is 2.38. The number of rotatable bonds is 4. The monoisotopic (exact) mass is 171 g/mol. The van der Waals surface area contributed by atoms with Crippen LogP contribution >= 0.6 is 0 Å². The van der Waals surface area contributed by atoms with Crippen LogP contribution in [0.1, 0.15) is 26.7 Å². The van der Waals surface area contributed by atoms with E-state index < -0.39 is 0 Å². The molecule has 4 heteroatoms. The number of nitrogens with zero attached hydrogens (tertiary/aromatic N) is 1. The van der Waals surface area contributed by atoms with Crippen molar-refractivity contribution in [1.82, 2.24) is 5.32 Å². The molecule has 0 saturated heterocycles. The zero-order chi connectivity index (χ0) is 9.19. The van der Waals surface area contributed by atoms with Gasteiger partial charge in [0.15, 0.2) is 5.84 Å². The van der Waals surface area contributed by atoms with Gasteiger partial charge in [0.1, 0.15) is 0 Å². The van der Waals surface area contributed by atoms with Gasteiger partial charge < -0.3 is 16.3 Å². The van der Waals surface area contributed by atoms with Crippen LogP contribution in [-0.2, 0) is 0 Å². The lowest BCUT2D eigenvalue weighted by molar-refractivity contribution is 0.313. The van der Waals surface area contributed by atoms with Crippen molar-refractivity contribution in [3.63, 3.8) is 0 Å². The zero-order valence-corrected chi connectivity index (χ0v) is 7.67. The van der Waals surface area contributed by atoms with Crippen molar-refractivity contribution >= 4 is 5.84 Å². The van der Waals surface area contributed by atoms with Gasteiger partial charge in [-0.1, -0.05) is 5.16 Å². The van der Waals surface area contributed by atoms with Gasteiger partial charge in [-0.2, -0.15) is 0 Å². The summed E-state index contributed by atoms with van der Waals surface area (Å²) in [7, 11) is 0. The van der Waals surface area contributed by atoms with Crippen LogP contribution in [0.4, 0.5) is 0 Å². The maximum Gasteiger partial charge on any atom is 0.153 e. The van der Waals surface area contributed by atoms with Crippen molar-refractivity contribution in [1.29, 1.82) is 0 Å². The lowest BCUT2D eigenvalue weighted by Gasteiger charge is -2.25. The molecule has 1 aliphatic carbocycles. The van der Waals surface area contributed by atoms with Gasteiger partial charge in [-0.15, -0.1) is 0 Å². The average Bonchev–Trinajstić information content (AvgIpc) is 2.82. The van der Waals surface area contributed by atoms with Crippen LogP contribution in [0.15, 0.2) is 5.16 Å². The molecule has 0 amide bonds. The van der Waals surface area contributed by atoms with Crippen LogP contribution < -0.4 is 11.1 Å². The standard InChI is InChI=1S/C8H17N3O/c1-8(2,6-3-4-6)10-5-7(9)11-12/h6,10,12H,3-5H2,1-2H3,(H2,9,11). The highest BCUT2D eigenvalue weighted by atomic mass is 16.4. The fraction of sp³-hybridized carbons (Fsp3) is 0.875. The molecule has 0 aromatic heterocycles. The quantitative estimate of drug-likeness (QED) is 0.250. The molecule has 0 bridgehead atoms. The molecular formula is C8H17N3O. The van der Waals surface area contributed by atoms with Crippen LogP contribution in [-0.4, -0.2) is 23.1 Å². The van der Waals surface area contributed by atoms with E-state index in [0.717, 1.165) is 5.92 Å². The van der Waals surface area contributed by atoms with E-state index in [-0.39, 0.29) is 11.4 Å². The Morgan fingerprint density at radius 3 is 2.67 bits per heavy atom. The fourth-order valence-electron chi connectivity index (χ4n) is 1.30. The van der Waals surface area contributed by atoms with Crippen LogP contribution in [0.2, 0.25) is 0 Å². The van der Waals surface area contributed by atoms with Crippen molar-refractivity contribution in [3.8, 4) is 0 Å². The highest BCUT2D eigenvalue weighted by Gasteiger charge is 2.37. The predicted octanol–water partition coefficient (Wildman–Crippen LogP) is 0.511. The first-order valence-electron chi connectivity index (χ1n) is 4.27. The van der Waals surface area contributed by atoms with Crippen LogP contribution in [0.25, 0.3) is 0 Å². The first kappa shape index (κ1) is 9.32. The molecule has 0 spiro atoms. The van der Waals surface area contributed by atoms with Crippen molar-refractivity contribution < 1.29 is 5.21 Å². The van der Waals surface area contributed by atoms with Gasteiger partial charge >= 0.3 is 0 Å². The lowest BCUT2D eigenvalue weighted by Crippen LogP contribution is -2.45. The first-order valence-corrected chi connectivity index (χ1v) is 4.27. The second-order valence-corrected chi connectivity index (χ2v) is 3.94. The summed E-state index contributed by atoms with van der Waals surface area (Å²) in [6.45, 7) is 4.75. The summed E-state index contributed by atoms with van der Waals surface area (Å²) in [6.07, 6.45) is 2.58. The number of oxime groups is 1. The molecule has 1 saturated carbocycles. The van der Waals surface area contributed by atoms with Gasteiger partial charge in [0.25, 0.3) is 0 Å². The Kier molecular flexibility index (Phi) is 2.57. The first-order chi connectivity index (χ1) is 5.56. The van der Waals surface area contributed by atoms with E-state index >= 15 is 0 Å². The Bertz CT molecular complexity index is 185. The second kappa shape index (κ2) is 3.31. The Labute approximate surface area is 72.8 Å². The van der Waals surface area contributed by atoms with Gasteiger partial charge in [0.05, 0.1) is 6.54 Å². The minimum absolute atomic E-state index is 0.120. The maximum atomic E-state index is 8.31. The summed E-state index contributed by atoms with van der Waals surface area (Å²) in [6, 6.07) is 0. The van der Waals surface area contributed by atoms with E-state index in [2.05, 4.69) is 24.3 Å². The molecule has 0 heterocycles. The molecule has 0 atom stereocenters. The van der Waals surface area contributed by atoms with Crippen molar-refractivity contribution in [3.05, 3.63) is 0 Å². The molecule has 4 nitrogen and oxygen atoms in total. The molecule has 4 N–H and O–H groups in total. The number of nitrogens with one attached hydrogen (secondary N) is 1. The molecule has 0 aromatic carbocycles. The van der Waals surface area contributed by atoms with Crippen molar-refractivity contribution in [2.24, 2.45) is 16.8 Å². The summed E-state index contributed by atoms with van der Waals surface area (Å²) in [5.74, 6) is 0.993. The van der Waals surface area contributed by atoms with Crippen molar-refractivity contribution in [2.75, 3.05) is 6.54 Å². The van der Waals surface area contributed by atoms with E-state index in [4.69, 9.17) is 10.9 Å². The van der Waals surface area contributed by atoms with Gasteiger partial charge in [-0.25, -0.2) is 0 Å². The number of nitrogens with two attached hydrogens (primary N) is 1. The SMILES string of the molecule is CC(C)(NCC(N)=NO)C1CC1. The summed E-state index contributed by atoms with van der Waals surface area (Å²) in [5, 5.41) is 14.5. The summed E-state index contributed by atoms with van der Waals surface area (Å²) in [5.41, 5.74) is 5.46. The minimum atomic E-state index is 0.120. The Morgan fingerprint density at radius 2 is 2.25 bits per heavy atom. The minimum Gasteiger partial charge on any atom is -0.409 e. The largest absolute Gasteiger partial charge is 0.409 e. The van der Waals surface area contributed by atoms with Gasteiger partial charge in [-0.05, 0) is 32.6 Å². The number of hydrogen-bond donors (Lipinski definition) is 3. The fourth-order valence-corrected chi connectivity index (χ4v) is 1.30. The maximum absolute atomic E-state index is 8.31. The topological polar surface area (TPSA) is 70.6 Å². The third kappa shape index (κ3) is 2.37. The van der Waals surface area contributed by atoms with Gasteiger partial charge in [-0.3, -0.25) is 0 Å². The predicted molar refractivity (Wildman–Crippen MR) is 48.2 cm³/mol. The number of hydrogen-bond acceptors (Lipinski definition) is 3. The molecule has 0 unspecified atom stereocenters. The third-order valence-corrected chi connectivity index (χ3v) is 2.45. The van der Waals surface area contributed by atoms with E-state index in [9.17, 15) is 0 Å². The molecule has 1 fully saturated rings. The number of amidine groups is 1. The molecule has 0 radical (unpaired) electrons. The molecular weight excluding hydrogens is 154 g/mol. The van der Waals surface area contributed by atoms with E-state index in [1.165, 1.54) is 12.8 Å². The Balaban J connectivity index is 2.29. The molecule has 70 valence electrons. The van der Waals surface area contributed by atoms with Crippen LogP contribution in [0.3, 0.4) is 0 Å². The van der Waals surface area contributed by atoms with E-state index in [1.54, 1.807) is 0 Å². The molecule has 0 aliphatic heterocycles. The van der Waals surface area contributed by atoms with Crippen LogP contribution in [0, 0.1) is 5.92 Å². The third-order valence-electron chi connectivity index (χ3n) is 2.45. The molecule has 0 aromatic rings. The average molecular weight is 171 g/mol. The van der Waals surface area contributed by atoms with Gasteiger partial charge in [0, 0.05) is 5.54 Å². The Morgan fingerprint density at radius 1 is 1.67 bits per heavy atom. The summed E-state index contributed by atoms with van der Waals surface area (Å²) in [4.78, 5) is 0. The summed E-state index contributed by atoms with van der Waals surface area (Å²) >= 11 is 0. The lowest BCUT2D eigenvalue weighted by atomic mass is 9.99. The van der Waals surface area contributed by atoms with E-state index in [1.807, 2.05) is 0 Å². The molecule has 12 heavy (non-hydrogen) atoms. The highest BCUT2D eigenvalue weighted by molar-refractivity contribution is 5.81. The van der Waals surface area contributed by atoms with Gasteiger partial charge in [0.2, 0.25) is 0 Å².